The highest BCUT2D eigenvalue weighted by Gasteiger charge is 2.35. The zero-order chi connectivity index (χ0) is 12.2. The molecule has 0 aliphatic heterocycles. The number of rotatable bonds is 4. The van der Waals surface area contributed by atoms with Gasteiger partial charge in [0.05, 0.1) is 6.61 Å². The van der Waals surface area contributed by atoms with Gasteiger partial charge >= 0.3 is 6.18 Å². The van der Waals surface area contributed by atoms with Crippen LogP contribution >= 0.6 is 11.6 Å². The molecule has 0 fully saturated rings. The molecular weight excluding hydrogens is 245 g/mol. The summed E-state index contributed by atoms with van der Waals surface area (Å²) in [7, 11) is 0. The van der Waals surface area contributed by atoms with E-state index in [1.165, 1.54) is 0 Å². The topological polar surface area (TPSA) is 35.0 Å². The molecule has 0 aliphatic carbocycles. The van der Waals surface area contributed by atoms with Gasteiger partial charge < -0.3 is 4.74 Å². The van der Waals surface area contributed by atoms with Crippen LogP contribution < -0.4 is 4.74 Å². The highest BCUT2D eigenvalue weighted by atomic mass is 35.5. The Morgan fingerprint density at radius 3 is 2.62 bits per heavy atom. The summed E-state index contributed by atoms with van der Waals surface area (Å²) in [5, 5.41) is -0.283. The fourth-order valence-electron chi connectivity index (χ4n) is 0.919. The van der Waals surface area contributed by atoms with Gasteiger partial charge in [0.15, 0.2) is 0 Å². The molecule has 0 bridgehead atoms. The first kappa shape index (κ1) is 13.0. The summed E-state index contributed by atoms with van der Waals surface area (Å²) in [4.78, 5) is 6.32. The number of halogens is 4. The predicted octanol–water partition coefficient (Wildman–Crippen LogP) is 3.33. The monoisotopic (exact) mass is 254 g/mol. The smallest absolute Gasteiger partial charge is 0.451 e. The molecule has 0 N–H and O–H groups in total. The molecule has 1 aromatic rings. The fraction of sp³-hybridized carbons (Fsp3) is 0.556. The highest BCUT2D eigenvalue weighted by Crippen LogP contribution is 2.28. The van der Waals surface area contributed by atoms with Crippen molar-refractivity contribution in [1.82, 2.24) is 9.97 Å². The zero-order valence-electron chi connectivity index (χ0n) is 8.51. The van der Waals surface area contributed by atoms with E-state index in [9.17, 15) is 13.2 Å². The van der Waals surface area contributed by atoms with E-state index in [2.05, 4.69) is 9.97 Å². The lowest BCUT2D eigenvalue weighted by atomic mass is 10.4. The molecule has 0 unspecified atom stereocenters. The summed E-state index contributed by atoms with van der Waals surface area (Å²) in [6, 6.07) is 1.16. The van der Waals surface area contributed by atoms with Crippen molar-refractivity contribution < 1.29 is 17.9 Å². The van der Waals surface area contributed by atoms with Crippen LogP contribution in [0.3, 0.4) is 0 Å². The summed E-state index contributed by atoms with van der Waals surface area (Å²) in [5.74, 6) is -1.44. The van der Waals surface area contributed by atoms with E-state index >= 15 is 0 Å². The van der Waals surface area contributed by atoms with Gasteiger partial charge in [0.1, 0.15) is 5.15 Å². The minimum atomic E-state index is -4.62. The van der Waals surface area contributed by atoms with Gasteiger partial charge in [-0.2, -0.15) is 18.2 Å². The van der Waals surface area contributed by atoms with Crippen LogP contribution in [0, 0.1) is 0 Å². The van der Waals surface area contributed by atoms with Gasteiger partial charge in [0.25, 0.3) is 0 Å². The van der Waals surface area contributed by atoms with Gasteiger partial charge in [-0.1, -0.05) is 24.9 Å². The third-order valence-electron chi connectivity index (χ3n) is 1.67. The first-order valence-electron chi connectivity index (χ1n) is 4.68. The van der Waals surface area contributed by atoms with Gasteiger partial charge in [0, 0.05) is 6.07 Å². The molecule has 0 aliphatic rings. The second-order valence-corrected chi connectivity index (χ2v) is 3.44. The van der Waals surface area contributed by atoms with E-state index in [0.29, 0.717) is 6.61 Å². The molecule has 7 heteroatoms. The van der Waals surface area contributed by atoms with Gasteiger partial charge in [-0.25, -0.2) is 4.98 Å². The van der Waals surface area contributed by atoms with Crippen LogP contribution in [0.1, 0.15) is 25.6 Å². The maximum absolute atomic E-state index is 12.3. The van der Waals surface area contributed by atoms with Gasteiger partial charge in [-0.05, 0) is 6.42 Å². The highest BCUT2D eigenvalue weighted by molar-refractivity contribution is 6.29. The Balaban J connectivity index is 2.82. The van der Waals surface area contributed by atoms with Crippen molar-refractivity contribution in [3.05, 3.63) is 17.0 Å². The van der Waals surface area contributed by atoms with E-state index in [4.69, 9.17) is 16.3 Å². The van der Waals surface area contributed by atoms with E-state index in [-0.39, 0.29) is 11.0 Å². The standard InChI is InChI=1S/C9H10ClF3N2O/c1-2-3-4-16-7-5-6(10)14-8(15-7)9(11,12)13/h5H,2-4H2,1H3. The number of ether oxygens (including phenoxy) is 1. The lowest BCUT2D eigenvalue weighted by Gasteiger charge is -2.08. The molecule has 16 heavy (non-hydrogen) atoms. The van der Waals surface area contributed by atoms with Crippen LogP contribution in [-0.2, 0) is 6.18 Å². The Morgan fingerprint density at radius 2 is 2.06 bits per heavy atom. The maximum Gasteiger partial charge on any atom is 0.451 e. The van der Waals surface area contributed by atoms with E-state index in [0.717, 1.165) is 18.9 Å². The Kier molecular flexibility index (Phi) is 4.35. The van der Waals surface area contributed by atoms with Gasteiger partial charge in [-0.15, -0.1) is 0 Å². The minimum Gasteiger partial charge on any atom is -0.478 e. The third kappa shape index (κ3) is 3.84. The first-order valence-corrected chi connectivity index (χ1v) is 5.06. The van der Waals surface area contributed by atoms with Crippen molar-refractivity contribution in [2.75, 3.05) is 6.61 Å². The Labute approximate surface area is 95.6 Å². The zero-order valence-corrected chi connectivity index (χ0v) is 9.27. The third-order valence-corrected chi connectivity index (χ3v) is 1.87. The summed E-state index contributed by atoms with van der Waals surface area (Å²) in [6.45, 7) is 2.25. The summed E-state index contributed by atoms with van der Waals surface area (Å²) in [5.41, 5.74) is 0. The molecule has 90 valence electrons. The van der Waals surface area contributed by atoms with Crippen LogP contribution in [-0.4, -0.2) is 16.6 Å². The van der Waals surface area contributed by atoms with Crippen LogP contribution in [0.5, 0.6) is 5.88 Å². The number of hydrogen-bond acceptors (Lipinski definition) is 3. The van der Waals surface area contributed by atoms with Crippen molar-refractivity contribution in [3.8, 4) is 5.88 Å². The molecular formula is C9H10ClF3N2O. The molecule has 1 rings (SSSR count). The number of aromatic nitrogens is 2. The number of hydrogen-bond donors (Lipinski definition) is 0. The number of alkyl halides is 3. The van der Waals surface area contributed by atoms with Crippen LogP contribution in [0.25, 0.3) is 0 Å². The Morgan fingerprint density at radius 1 is 1.38 bits per heavy atom. The van der Waals surface area contributed by atoms with Crippen LogP contribution in [0.4, 0.5) is 13.2 Å². The second-order valence-electron chi connectivity index (χ2n) is 3.05. The van der Waals surface area contributed by atoms with Gasteiger partial charge in [-0.3, -0.25) is 0 Å². The number of unbranched alkanes of at least 4 members (excludes halogenated alkanes) is 1. The average Bonchev–Trinajstić information content (AvgIpc) is 2.16. The average molecular weight is 255 g/mol. The molecule has 0 saturated carbocycles. The fourth-order valence-corrected chi connectivity index (χ4v) is 1.09. The molecule has 0 atom stereocenters. The van der Waals surface area contributed by atoms with Crippen molar-refractivity contribution in [2.24, 2.45) is 0 Å². The van der Waals surface area contributed by atoms with Crippen LogP contribution in [0.15, 0.2) is 6.07 Å². The predicted molar refractivity (Wildman–Crippen MR) is 52.4 cm³/mol. The molecule has 1 aromatic heterocycles. The maximum atomic E-state index is 12.3. The second kappa shape index (κ2) is 5.34. The SMILES string of the molecule is CCCCOc1cc(Cl)nc(C(F)(F)F)n1. The van der Waals surface area contributed by atoms with Crippen molar-refractivity contribution in [1.29, 1.82) is 0 Å². The van der Waals surface area contributed by atoms with E-state index < -0.39 is 12.0 Å². The Hall–Kier alpha value is -1.04. The lowest BCUT2D eigenvalue weighted by molar-refractivity contribution is -0.145. The van der Waals surface area contributed by atoms with Crippen LogP contribution in [0.2, 0.25) is 5.15 Å². The largest absolute Gasteiger partial charge is 0.478 e. The quantitative estimate of drug-likeness (QED) is 0.611. The van der Waals surface area contributed by atoms with E-state index in [1.54, 1.807) is 0 Å². The van der Waals surface area contributed by atoms with Crippen molar-refractivity contribution in [3.63, 3.8) is 0 Å². The summed E-state index contributed by atoms with van der Waals surface area (Å²) in [6.07, 6.45) is -3.00. The normalized spacial score (nSPS) is 11.6. The van der Waals surface area contributed by atoms with E-state index in [1.807, 2.05) is 6.92 Å². The van der Waals surface area contributed by atoms with Gasteiger partial charge in [0.2, 0.25) is 11.7 Å². The van der Waals surface area contributed by atoms with Crippen molar-refractivity contribution >= 4 is 11.6 Å². The minimum absolute atomic E-state index is 0.152. The Bertz CT molecular complexity index is 357. The van der Waals surface area contributed by atoms with Crippen molar-refractivity contribution in [2.45, 2.75) is 25.9 Å². The molecule has 0 aromatic carbocycles. The molecule has 0 amide bonds. The molecule has 0 spiro atoms. The lowest BCUT2D eigenvalue weighted by Crippen LogP contribution is -2.12. The number of nitrogens with zero attached hydrogens (tertiary/aromatic N) is 2. The molecule has 0 saturated heterocycles. The summed E-state index contributed by atoms with van der Waals surface area (Å²) < 4.78 is 41.9. The molecule has 1 heterocycles. The summed E-state index contributed by atoms with van der Waals surface area (Å²) >= 11 is 5.44. The first-order chi connectivity index (χ1) is 7.43. The molecule has 3 nitrogen and oxygen atoms in total. The molecule has 0 radical (unpaired) electrons.